The number of carbonyl (C=O) groups is 1. The van der Waals surface area contributed by atoms with Crippen molar-refractivity contribution >= 4 is 5.91 Å². The van der Waals surface area contributed by atoms with Crippen molar-refractivity contribution in [1.82, 2.24) is 25.3 Å². The van der Waals surface area contributed by atoms with E-state index in [-0.39, 0.29) is 22.8 Å². The normalized spacial score (nSPS) is 16.1. The van der Waals surface area contributed by atoms with E-state index in [0.717, 1.165) is 77.4 Å². The Kier molecular flexibility index (Phi) is 7.68. The van der Waals surface area contributed by atoms with E-state index >= 15 is 0 Å². The zero-order valence-electron chi connectivity index (χ0n) is 25.3. The van der Waals surface area contributed by atoms with Gasteiger partial charge < -0.3 is 21.0 Å². The Morgan fingerprint density at radius 1 is 0.829 bits per heavy atom. The van der Waals surface area contributed by atoms with Gasteiger partial charge in [0, 0.05) is 6.42 Å². The highest BCUT2D eigenvalue weighted by Crippen LogP contribution is 2.35. The molecule has 1 saturated carbocycles. The molecule has 2 aromatic heterocycles. The number of carbonyl (C=O) groups excluding carboxylic acids is 1. The Balaban J connectivity index is 1.29. The number of nitrogens with one attached hydrogen (secondary N) is 3. The maximum atomic E-state index is 13.1. The molecule has 1 amide bonds. The van der Waals surface area contributed by atoms with Crippen molar-refractivity contribution in [2.75, 3.05) is 0 Å². The molecular weight excluding hydrogens is 508 g/mol. The van der Waals surface area contributed by atoms with Gasteiger partial charge >= 0.3 is 0 Å². The van der Waals surface area contributed by atoms with Gasteiger partial charge in [-0.1, -0.05) is 103 Å². The lowest BCUT2D eigenvalue weighted by Gasteiger charge is -2.33. The monoisotopic (exact) mass is 552 g/mol. The molecule has 5 rings (SSSR count). The number of benzene rings is 2. The summed E-state index contributed by atoms with van der Waals surface area (Å²) < 4.78 is 0. The Labute approximate surface area is 243 Å². The molecule has 2 aromatic carbocycles. The lowest BCUT2D eigenvalue weighted by molar-refractivity contribution is -0.127. The highest BCUT2D eigenvalue weighted by molar-refractivity contribution is 5.86. The minimum Gasteiger partial charge on any atom is -0.344 e. The molecule has 0 saturated heterocycles. The van der Waals surface area contributed by atoms with Crippen LogP contribution in [-0.2, 0) is 11.2 Å². The van der Waals surface area contributed by atoms with Gasteiger partial charge in [-0.15, -0.1) is 0 Å². The van der Waals surface area contributed by atoms with Gasteiger partial charge in [0.1, 0.15) is 11.6 Å². The summed E-state index contributed by atoms with van der Waals surface area (Å²) in [5, 5.41) is 3.21. The molecule has 4 aromatic rings. The molecule has 41 heavy (non-hydrogen) atoms. The topological polar surface area (TPSA) is 112 Å². The van der Waals surface area contributed by atoms with Crippen LogP contribution >= 0.6 is 0 Å². The zero-order chi connectivity index (χ0) is 29.4. The molecule has 1 fully saturated rings. The molecule has 7 nitrogen and oxygen atoms in total. The maximum Gasteiger partial charge on any atom is 0.240 e. The lowest BCUT2D eigenvalue weighted by atomic mass is 9.85. The molecule has 0 bridgehead atoms. The minimum atomic E-state index is -0.777. The van der Waals surface area contributed by atoms with Gasteiger partial charge in [-0.3, -0.25) is 4.79 Å². The van der Waals surface area contributed by atoms with E-state index < -0.39 is 5.54 Å². The van der Waals surface area contributed by atoms with Crippen molar-refractivity contribution in [2.24, 2.45) is 16.6 Å². The Bertz CT molecular complexity index is 1480. The van der Waals surface area contributed by atoms with Crippen LogP contribution in [0.15, 0.2) is 60.9 Å². The highest BCUT2D eigenvalue weighted by atomic mass is 16.2. The molecule has 7 heteroatoms. The third-order valence-electron chi connectivity index (χ3n) is 8.01. The van der Waals surface area contributed by atoms with Crippen LogP contribution in [0.25, 0.3) is 33.6 Å². The summed E-state index contributed by atoms with van der Waals surface area (Å²) in [6.07, 6.45) is 8.13. The van der Waals surface area contributed by atoms with Crippen LogP contribution in [-0.4, -0.2) is 31.4 Å². The zero-order valence-corrected chi connectivity index (χ0v) is 25.3. The molecule has 216 valence electrons. The number of amides is 1. The first-order valence-corrected chi connectivity index (χ1v) is 14.7. The van der Waals surface area contributed by atoms with E-state index in [2.05, 4.69) is 115 Å². The van der Waals surface area contributed by atoms with E-state index in [1.807, 2.05) is 12.4 Å². The molecule has 0 aliphatic heterocycles. The van der Waals surface area contributed by atoms with Crippen LogP contribution < -0.4 is 11.1 Å². The fraction of sp³-hybridized carbons (Fsp3) is 0.441. The van der Waals surface area contributed by atoms with Crippen molar-refractivity contribution in [3.63, 3.8) is 0 Å². The van der Waals surface area contributed by atoms with Crippen LogP contribution in [0.4, 0.5) is 0 Å². The maximum absolute atomic E-state index is 13.1. The number of H-pyrrole nitrogens is 2. The number of hydrogen-bond donors (Lipinski definition) is 4. The van der Waals surface area contributed by atoms with Gasteiger partial charge in [0.2, 0.25) is 5.91 Å². The number of hydrogen-bond acceptors (Lipinski definition) is 4. The van der Waals surface area contributed by atoms with Crippen LogP contribution in [0, 0.1) is 10.8 Å². The summed E-state index contributed by atoms with van der Waals surface area (Å²) in [6.45, 7) is 13.0. The lowest BCUT2D eigenvalue weighted by Crippen LogP contribution is -2.54. The van der Waals surface area contributed by atoms with Crippen molar-refractivity contribution < 1.29 is 4.79 Å². The van der Waals surface area contributed by atoms with Crippen molar-refractivity contribution in [2.45, 2.75) is 85.2 Å². The van der Waals surface area contributed by atoms with Gasteiger partial charge in [-0.2, -0.15) is 0 Å². The first-order chi connectivity index (χ1) is 19.3. The third kappa shape index (κ3) is 6.62. The summed E-state index contributed by atoms with van der Waals surface area (Å²) in [6, 6.07) is 16.8. The van der Waals surface area contributed by atoms with Crippen molar-refractivity contribution in [3.05, 3.63) is 72.6 Å². The molecular formula is C34H44N6O. The first kappa shape index (κ1) is 28.8. The molecule has 2 heterocycles. The molecule has 5 N–H and O–H groups in total. The van der Waals surface area contributed by atoms with Crippen LogP contribution in [0.3, 0.4) is 0 Å². The summed E-state index contributed by atoms with van der Waals surface area (Å²) >= 11 is 0. The van der Waals surface area contributed by atoms with Crippen LogP contribution in [0.1, 0.15) is 84.9 Å². The average molecular weight is 553 g/mol. The Morgan fingerprint density at radius 3 is 1.83 bits per heavy atom. The van der Waals surface area contributed by atoms with E-state index in [1.165, 1.54) is 0 Å². The van der Waals surface area contributed by atoms with Gasteiger partial charge in [0.15, 0.2) is 0 Å². The van der Waals surface area contributed by atoms with Crippen LogP contribution in [0.5, 0.6) is 0 Å². The molecule has 1 unspecified atom stereocenters. The standard InChI is InChI=1S/C34H44N6O/c1-32(2,3)19-28-36-20-26(38-28)24-13-9-22(10-14-24)23-11-15-25(16-12-23)27-21-37-30(39-27)29(33(4,5)6)40-31(41)34(35)17-7-8-18-34/h9-16,20-21,29H,7-8,17-19,35H2,1-6H3,(H,36,38)(H,37,39)(H,40,41). The molecule has 1 atom stereocenters. The fourth-order valence-corrected chi connectivity index (χ4v) is 5.62. The summed E-state index contributed by atoms with van der Waals surface area (Å²) in [4.78, 5) is 29.3. The number of imidazole rings is 2. The highest BCUT2D eigenvalue weighted by Gasteiger charge is 2.40. The van der Waals surface area contributed by atoms with Gasteiger partial charge in [0.25, 0.3) is 0 Å². The molecule has 0 radical (unpaired) electrons. The van der Waals surface area contributed by atoms with Gasteiger partial charge in [-0.25, -0.2) is 9.97 Å². The second-order valence-corrected chi connectivity index (χ2v) is 14.0. The summed E-state index contributed by atoms with van der Waals surface area (Å²) in [5.41, 5.74) is 12.0. The quantitative estimate of drug-likeness (QED) is 0.194. The first-order valence-electron chi connectivity index (χ1n) is 14.7. The molecule has 1 aliphatic rings. The second-order valence-electron chi connectivity index (χ2n) is 14.0. The van der Waals surface area contributed by atoms with Gasteiger partial charge in [0.05, 0.1) is 35.4 Å². The second kappa shape index (κ2) is 10.9. The Hall–Kier alpha value is -3.71. The van der Waals surface area contributed by atoms with E-state index in [9.17, 15) is 4.79 Å². The molecule has 0 spiro atoms. The summed E-state index contributed by atoms with van der Waals surface area (Å²) in [5.74, 6) is 1.68. The van der Waals surface area contributed by atoms with Gasteiger partial charge in [-0.05, 0) is 45.9 Å². The number of aromatic nitrogens is 4. The number of aromatic amines is 2. The predicted molar refractivity (Wildman–Crippen MR) is 166 cm³/mol. The average Bonchev–Trinajstić information content (AvgIpc) is 3.68. The minimum absolute atomic E-state index is 0.0823. The number of nitrogens with zero attached hydrogens (tertiary/aromatic N) is 2. The largest absolute Gasteiger partial charge is 0.344 e. The van der Waals surface area contributed by atoms with Crippen molar-refractivity contribution in [3.8, 4) is 33.6 Å². The molecule has 1 aliphatic carbocycles. The fourth-order valence-electron chi connectivity index (χ4n) is 5.62. The SMILES string of the molecule is CC(C)(C)Cc1ncc(-c2ccc(-c3ccc(-c4cnc(C(NC(=O)C5(N)CCCC5)C(C)(C)C)[nH]4)cc3)cc2)[nH]1. The number of nitrogens with two attached hydrogens (primary N) is 1. The third-order valence-corrected chi connectivity index (χ3v) is 8.01. The summed E-state index contributed by atoms with van der Waals surface area (Å²) in [7, 11) is 0. The Morgan fingerprint density at radius 2 is 1.32 bits per heavy atom. The van der Waals surface area contributed by atoms with E-state index in [0.29, 0.717) is 0 Å². The smallest absolute Gasteiger partial charge is 0.240 e. The van der Waals surface area contributed by atoms with E-state index in [1.54, 1.807) is 0 Å². The van der Waals surface area contributed by atoms with Crippen molar-refractivity contribution in [1.29, 1.82) is 0 Å². The van der Waals surface area contributed by atoms with E-state index in [4.69, 9.17) is 5.73 Å². The predicted octanol–water partition coefficient (Wildman–Crippen LogP) is 7.20. The van der Waals surface area contributed by atoms with Crippen LogP contribution in [0.2, 0.25) is 0 Å². The number of rotatable bonds is 7.